The largest absolute Gasteiger partial charge is 0.378 e. The Morgan fingerprint density at radius 1 is 1.33 bits per heavy atom. The van der Waals surface area contributed by atoms with Crippen LogP contribution in [0.15, 0.2) is 34.7 Å². The monoisotopic (exact) mass is 321 g/mol. The predicted octanol–water partition coefficient (Wildman–Crippen LogP) is 2.41. The fourth-order valence-corrected chi connectivity index (χ4v) is 3.53. The van der Waals surface area contributed by atoms with E-state index in [4.69, 9.17) is 4.74 Å². The molecule has 0 saturated carbocycles. The Hall–Kier alpha value is -1.70. The molecule has 0 radical (unpaired) electrons. The van der Waals surface area contributed by atoms with Gasteiger partial charge >= 0.3 is 0 Å². The predicted molar refractivity (Wildman–Crippen MR) is 86.7 cm³/mol. The minimum atomic E-state index is -0.175. The summed E-state index contributed by atoms with van der Waals surface area (Å²) in [5.41, 5.74) is 2.54. The number of amides is 1. The summed E-state index contributed by atoms with van der Waals surface area (Å²) in [7, 11) is 0. The molecule has 1 saturated heterocycles. The van der Waals surface area contributed by atoms with Gasteiger partial charge in [-0.1, -0.05) is 6.07 Å². The molecule has 0 aliphatic carbocycles. The molecule has 2 aromatic heterocycles. The third-order valence-corrected chi connectivity index (χ3v) is 4.99. The van der Waals surface area contributed by atoms with Gasteiger partial charge in [0.15, 0.2) is 0 Å². The van der Waals surface area contributed by atoms with Crippen molar-refractivity contribution in [3.05, 3.63) is 39.4 Å². The lowest BCUT2D eigenvalue weighted by molar-refractivity contribution is 0.0959. The second-order valence-electron chi connectivity index (χ2n) is 4.45. The molecule has 0 aromatic carbocycles. The average Bonchev–Trinajstić information content (AvgIpc) is 3.20. The van der Waals surface area contributed by atoms with E-state index in [9.17, 15) is 4.79 Å². The van der Waals surface area contributed by atoms with Crippen molar-refractivity contribution in [2.24, 2.45) is 5.10 Å². The van der Waals surface area contributed by atoms with Gasteiger partial charge in [-0.3, -0.25) is 4.79 Å². The molecule has 3 rings (SSSR count). The summed E-state index contributed by atoms with van der Waals surface area (Å²) >= 11 is 3.06. The zero-order valence-electron chi connectivity index (χ0n) is 11.3. The number of carbonyl (C=O) groups is 1. The Labute approximate surface area is 130 Å². The van der Waals surface area contributed by atoms with Crippen molar-refractivity contribution < 1.29 is 9.53 Å². The fraction of sp³-hybridized carbons (Fsp3) is 0.286. The van der Waals surface area contributed by atoms with Gasteiger partial charge in [-0.15, -0.1) is 22.7 Å². The van der Waals surface area contributed by atoms with E-state index in [2.05, 4.69) is 21.5 Å². The number of morpholine rings is 1. The standard InChI is InChI=1S/C14H15N3O2S2/c18-14(12-2-1-9-20-12)16-15-10-11-3-4-13(21-11)17-5-7-19-8-6-17/h1-4,9-10H,5-8H2,(H,16,18)/b15-10+. The van der Waals surface area contributed by atoms with Crippen molar-refractivity contribution in [2.45, 2.75) is 0 Å². The lowest BCUT2D eigenvalue weighted by Gasteiger charge is -2.27. The van der Waals surface area contributed by atoms with Gasteiger partial charge in [0, 0.05) is 18.0 Å². The molecule has 0 bridgehead atoms. The maximum atomic E-state index is 11.7. The van der Waals surface area contributed by atoms with Gasteiger partial charge in [-0.2, -0.15) is 5.10 Å². The van der Waals surface area contributed by atoms with Gasteiger partial charge < -0.3 is 9.64 Å². The lowest BCUT2D eigenvalue weighted by Crippen LogP contribution is -2.35. The number of ether oxygens (including phenoxy) is 1. The van der Waals surface area contributed by atoms with Crippen LogP contribution in [0, 0.1) is 0 Å². The van der Waals surface area contributed by atoms with Crippen LogP contribution in [0.1, 0.15) is 14.5 Å². The molecular formula is C14H15N3O2S2. The lowest BCUT2D eigenvalue weighted by atomic mass is 10.4. The van der Waals surface area contributed by atoms with Crippen LogP contribution in [0.2, 0.25) is 0 Å². The molecular weight excluding hydrogens is 306 g/mol. The molecule has 1 aliphatic rings. The van der Waals surface area contributed by atoms with E-state index in [0.29, 0.717) is 4.88 Å². The van der Waals surface area contributed by atoms with Gasteiger partial charge in [-0.25, -0.2) is 5.43 Å². The molecule has 0 spiro atoms. The van der Waals surface area contributed by atoms with Crippen LogP contribution in [0.3, 0.4) is 0 Å². The summed E-state index contributed by atoms with van der Waals surface area (Å²) in [5.74, 6) is -0.175. The first-order valence-corrected chi connectivity index (χ1v) is 8.32. The molecule has 1 aliphatic heterocycles. The van der Waals surface area contributed by atoms with Gasteiger partial charge in [0.2, 0.25) is 0 Å². The maximum Gasteiger partial charge on any atom is 0.281 e. The Balaban J connectivity index is 1.56. The van der Waals surface area contributed by atoms with E-state index in [-0.39, 0.29) is 5.91 Å². The van der Waals surface area contributed by atoms with Crippen LogP contribution in [0.5, 0.6) is 0 Å². The number of rotatable bonds is 4. The molecule has 0 unspecified atom stereocenters. The first-order chi connectivity index (χ1) is 10.3. The Morgan fingerprint density at radius 3 is 2.95 bits per heavy atom. The highest BCUT2D eigenvalue weighted by Gasteiger charge is 2.12. The van der Waals surface area contributed by atoms with Crippen molar-refractivity contribution >= 4 is 39.8 Å². The average molecular weight is 321 g/mol. The Morgan fingerprint density at radius 2 is 2.19 bits per heavy atom. The SMILES string of the molecule is O=C(N/N=C/c1ccc(N2CCOCC2)s1)c1cccs1. The van der Waals surface area contributed by atoms with Crippen molar-refractivity contribution in [3.63, 3.8) is 0 Å². The van der Waals surface area contributed by atoms with Crippen LogP contribution < -0.4 is 10.3 Å². The number of nitrogens with zero attached hydrogens (tertiary/aromatic N) is 2. The number of anilines is 1. The fourth-order valence-electron chi connectivity index (χ4n) is 1.98. The van der Waals surface area contributed by atoms with E-state index < -0.39 is 0 Å². The molecule has 5 nitrogen and oxygen atoms in total. The number of carbonyl (C=O) groups excluding carboxylic acids is 1. The van der Waals surface area contributed by atoms with Crippen LogP contribution >= 0.6 is 22.7 Å². The second-order valence-corrected chi connectivity index (χ2v) is 6.49. The van der Waals surface area contributed by atoms with Gasteiger partial charge in [-0.05, 0) is 23.6 Å². The van der Waals surface area contributed by atoms with E-state index in [1.54, 1.807) is 23.6 Å². The van der Waals surface area contributed by atoms with Gasteiger partial charge in [0.05, 0.1) is 29.3 Å². The second kappa shape index (κ2) is 6.84. The van der Waals surface area contributed by atoms with Crippen LogP contribution in [0.25, 0.3) is 0 Å². The number of hydrogen-bond acceptors (Lipinski definition) is 6. The first-order valence-electron chi connectivity index (χ1n) is 6.62. The van der Waals surface area contributed by atoms with Crippen LogP contribution in [0.4, 0.5) is 5.00 Å². The maximum absolute atomic E-state index is 11.7. The van der Waals surface area contributed by atoms with Crippen molar-refractivity contribution in [2.75, 3.05) is 31.2 Å². The molecule has 3 heterocycles. The highest BCUT2D eigenvalue weighted by molar-refractivity contribution is 7.17. The smallest absolute Gasteiger partial charge is 0.281 e. The molecule has 7 heteroatoms. The molecule has 1 amide bonds. The molecule has 1 fully saturated rings. The van der Waals surface area contributed by atoms with E-state index in [1.165, 1.54) is 16.3 Å². The molecule has 21 heavy (non-hydrogen) atoms. The van der Waals surface area contributed by atoms with Crippen LogP contribution in [-0.2, 0) is 4.74 Å². The molecule has 2 aromatic rings. The van der Waals surface area contributed by atoms with Gasteiger partial charge in [0.25, 0.3) is 5.91 Å². The van der Waals surface area contributed by atoms with Crippen molar-refractivity contribution in [1.82, 2.24) is 5.43 Å². The van der Waals surface area contributed by atoms with E-state index >= 15 is 0 Å². The van der Waals surface area contributed by atoms with E-state index in [0.717, 1.165) is 31.2 Å². The molecule has 1 N–H and O–H groups in total. The first kappa shape index (κ1) is 14.2. The highest BCUT2D eigenvalue weighted by atomic mass is 32.1. The summed E-state index contributed by atoms with van der Waals surface area (Å²) in [6.07, 6.45) is 1.68. The Bertz CT molecular complexity index is 616. The third kappa shape index (κ3) is 3.69. The minimum absolute atomic E-state index is 0.175. The topological polar surface area (TPSA) is 53.9 Å². The number of hydrazone groups is 1. The number of thiophene rings is 2. The number of nitrogens with one attached hydrogen (secondary N) is 1. The van der Waals surface area contributed by atoms with E-state index in [1.807, 2.05) is 17.5 Å². The summed E-state index contributed by atoms with van der Waals surface area (Å²) in [6.45, 7) is 3.40. The third-order valence-electron chi connectivity index (χ3n) is 3.04. The quantitative estimate of drug-likeness (QED) is 0.695. The highest BCUT2D eigenvalue weighted by Crippen LogP contribution is 2.25. The summed E-state index contributed by atoms with van der Waals surface area (Å²) < 4.78 is 5.34. The minimum Gasteiger partial charge on any atom is -0.378 e. The van der Waals surface area contributed by atoms with Crippen molar-refractivity contribution in [3.8, 4) is 0 Å². The summed E-state index contributed by atoms with van der Waals surface area (Å²) in [4.78, 5) is 15.7. The summed E-state index contributed by atoms with van der Waals surface area (Å²) in [5, 5.41) is 7.09. The molecule has 110 valence electrons. The zero-order chi connectivity index (χ0) is 14.5. The number of hydrogen-bond donors (Lipinski definition) is 1. The van der Waals surface area contributed by atoms with Crippen molar-refractivity contribution in [1.29, 1.82) is 0 Å². The van der Waals surface area contributed by atoms with Crippen LogP contribution in [-0.4, -0.2) is 38.4 Å². The summed E-state index contributed by atoms with van der Waals surface area (Å²) in [6, 6.07) is 7.71. The Kier molecular flexibility index (Phi) is 4.64. The normalized spacial score (nSPS) is 15.5. The zero-order valence-corrected chi connectivity index (χ0v) is 13.0. The van der Waals surface area contributed by atoms with Gasteiger partial charge in [0.1, 0.15) is 0 Å². The molecule has 0 atom stereocenters.